The van der Waals surface area contributed by atoms with Crippen molar-refractivity contribution in [2.75, 3.05) is 6.61 Å². The van der Waals surface area contributed by atoms with Crippen LogP contribution in [0.3, 0.4) is 0 Å². The molecule has 5 heteroatoms. The van der Waals surface area contributed by atoms with E-state index in [4.69, 9.17) is 5.73 Å². The van der Waals surface area contributed by atoms with Gasteiger partial charge in [-0.1, -0.05) is 0 Å². The Morgan fingerprint density at radius 2 is 2.00 bits per heavy atom. The van der Waals surface area contributed by atoms with Crippen LogP contribution in [0.2, 0.25) is 0 Å². The summed E-state index contributed by atoms with van der Waals surface area (Å²) in [7, 11) is 0. The fraction of sp³-hybridized carbons (Fsp3) is 1.00. The lowest BCUT2D eigenvalue weighted by Crippen LogP contribution is -2.29. The molecule has 1 fully saturated rings. The number of hydrogen-bond acceptors (Lipinski definition) is 2. The van der Waals surface area contributed by atoms with Gasteiger partial charge in [0, 0.05) is 6.04 Å². The number of halogens is 3. The zero-order chi connectivity index (χ0) is 7.78. The van der Waals surface area contributed by atoms with Gasteiger partial charge in [0.05, 0.1) is 6.61 Å². The molecule has 10 heavy (non-hydrogen) atoms. The molecular weight excluding hydrogens is 147 g/mol. The molecule has 0 aliphatic carbocycles. The van der Waals surface area contributed by atoms with Gasteiger partial charge in [0.25, 0.3) is 0 Å². The van der Waals surface area contributed by atoms with Crippen LogP contribution in [-0.4, -0.2) is 24.9 Å². The minimum Gasteiger partial charge on any atom is -0.367 e. The van der Waals surface area contributed by atoms with Gasteiger partial charge in [-0.3, -0.25) is 0 Å². The normalized spacial score (nSPS) is 34.8. The van der Waals surface area contributed by atoms with Crippen molar-refractivity contribution in [3.8, 4) is 0 Å². The molecule has 60 valence electrons. The van der Waals surface area contributed by atoms with E-state index in [2.05, 4.69) is 4.74 Å². The first-order valence-electron chi connectivity index (χ1n) is 2.94. The maximum absolute atomic E-state index is 11.8. The zero-order valence-electron chi connectivity index (χ0n) is 5.19. The van der Waals surface area contributed by atoms with Crippen molar-refractivity contribution in [1.29, 1.82) is 0 Å². The van der Waals surface area contributed by atoms with Crippen LogP contribution in [0, 0.1) is 0 Å². The standard InChI is InChI=1S/C5H8F3NO/c6-5(7,8)4-1-3(9)2-10-4/h3-4H,1-2,9H2. The monoisotopic (exact) mass is 155 g/mol. The van der Waals surface area contributed by atoms with E-state index in [9.17, 15) is 13.2 Å². The molecule has 2 nitrogen and oxygen atoms in total. The Bertz CT molecular complexity index is 125. The van der Waals surface area contributed by atoms with Crippen molar-refractivity contribution in [2.24, 2.45) is 5.73 Å². The van der Waals surface area contributed by atoms with E-state index >= 15 is 0 Å². The van der Waals surface area contributed by atoms with Crippen molar-refractivity contribution >= 4 is 0 Å². The molecule has 0 radical (unpaired) electrons. The first-order valence-corrected chi connectivity index (χ1v) is 2.94. The number of rotatable bonds is 0. The summed E-state index contributed by atoms with van der Waals surface area (Å²) in [6.07, 6.45) is -5.99. The molecule has 0 saturated carbocycles. The van der Waals surface area contributed by atoms with E-state index in [1.807, 2.05) is 0 Å². The number of hydrogen-bond donors (Lipinski definition) is 1. The molecule has 2 N–H and O–H groups in total. The molecular formula is C5H8F3NO. The largest absolute Gasteiger partial charge is 0.414 e. The Morgan fingerprint density at radius 3 is 2.20 bits per heavy atom. The van der Waals surface area contributed by atoms with Gasteiger partial charge in [-0.2, -0.15) is 13.2 Å². The summed E-state index contributed by atoms with van der Waals surface area (Å²) in [6, 6.07) is -0.452. The second-order valence-corrected chi connectivity index (χ2v) is 2.36. The number of nitrogens with two attached hydrogens (primary N) is 1. The highest BCUT2D eigenvalue weighted by molar-refractivity contribution is 4.80. The van der Waals surface area contributed by atoms with Gasteiger partial charge in [0.1, 0.15) is 0 Å². The fourth-order valence-electron chi connectivity index (χ4n) is 0.879. The molecule has 0 bridgehead atoms. The third-order valence-electron chi connectivity index (χ3n) is 1.39. The Hall–Kier alpha value is -0.290. The first kappa shape index (κ1) is 7.81. The number of alkyl halides is 3. The van der Waals surface area contributed by atoms with Gasteiger partial charge in [0.15, 0.2) is 6.10 Å². The fourth-order valence-corrected chi connectivity index (χ4v) is 0.879. The minimum atomic E-state index is -4.24. The molecule has 0 aromatic rings. The molecule has 1 saturated heterocycles. The Morgan fingerprint density at radius 1 is 1.40 bits per heavy atom. The predicted molar refractivity (Wildman–Crippen MR) is 28.4 cm³/mol. The lowest BCUT2D eigenvalue weighted by molar-refractivity contribution is -0.206. The van der Waals surface area contributed by atoms with Gasteiger partial charge >= 0.3 is 6.18 Å². The highest BCUT2D eigenvalue weighted by Gasteiger charge is 2.44. The van der Waals surface area contributed by atoms with Gasteiger partial charge in [-0.15, -0.1) is 0 Å². The van der Waals surface area contributed by atoms with E-state index in [-0.39, 0.29) is 13.0 Å². The highest BCUT2D eigenvalue weighted by Crippen LogP contribution is 2.29. The van der Waals surface area contributed by atoms with E-state index in [1.54, 1.807) is 0 Å². The molecule has 0 spiro atoms. The molecule has 0 aromatic carbocycles. The molecule has 2 atom stereocenters. The smallest absolute Gasteiger partial charge is 0.367 e. The molecule has 1 aliphatic rings. The minimum absolute atomic E-state index is 0.0180. The lowest BCUT2D eigenvalue weighted by atomic mass is 10.2. The van der Waals surface area contributed by atoms with Crippen LogP contribution < -0.4 is 5.73 Å². The summed E-state index contributed by atoms with van der Waals surface area (Å²) in [5.74, 6) is 0. The van der Waals surface area contributed by atoms with E-state index < -0.39 is 18.3 Å². The van der Waals surface area contributed by atoms with Crippen LogP contribution in [0.25, 0.3) is 0 Å². The van der Waals surface area contributed by atoms with Crippen LogP contribution in [0.15, 0.2) is 0 Å². The van der Waals surface area contributed by atoms with Gasteiger partial charge in [0.2, 0.25) is 0 Å². The second kappa shape index (κ2) is 2.39. The van der Waals surface area contributed by atoms with Crippen molar-refractivity contribution in [3.63, 3.8) is 0 Å². The van der Waals surface area contributed by atoms with Gasteiger partial charge in [-0.25, -0.2) is 0 Å². The van der Waals surface area contributed by atoms with Gasteiger partial charge in [-0.05, 0) is 6.42 Å². The molecule has 2 unspecified atom stereocenters. The van der Waals surface area contributed by atoms with Crippen molar-refractivity contribution < 1.29 is 17.9 Å². The number of ether oxygens (including phenoxy) is 1. The van der Waals surface area contributed by atoms with E-state index in [0.29, 0.717) is 0 Å². The third-order valence-corrected chi connectivity index (χ3v) is 1.39. The summed E-state index contributed by atoms with van der Waals surface area (Å²) < 4.78 is 39.6. The first-order chi connectivity index (χ1) is 4.50. The second-order valence-electron chi connectivity index (χ2n) is 2.36. The summed E-state index contributed by atoms with van der Waals surface area (Å²) in [6.45, 7) is 0.0180. The molecule has 1 heterocycles. The third kappa shape index (κ3) is 1.60. The average molecular weight is 155 g/mol. The van der Waals surface area contributed by atoms with Crippen molar-refractivity contribution in [2.45, 2.75) is 24.7 Å². The summed E-state index contributed by atoms with van der Waals surface area (Å²) >= 11 is 0. The Labute approximate surface area is 56.1 Å². The van der Waals surface area contributed by atoms with Crippen molar-refractivity contribution in [1.82, 2.24) is 0 Å². The zero-order valence-corrected chi connectivity index (χ0v) is 5.19. The highest BCUT2D eigenvalue weighted by atomic mass is 19.4. The van der Waals surface area contributed by atoms with Gasteiger partial charge < -0.3 is 10.5 Å². The quantitative estimate of drug-likeness (QED) is 0.557. The van der Waals surface area contributed by atoms with Crippen LogP contribution in [-0.2, 0) is 4.74 Å². The van der Waals surface area contributed by atoms with Crippen molar-refractivity contribution in [3.05, 3.63) is 0 Å². The molecule has 0 aromatic heterocycles. The molecule has 1 rings (SSSR count). The Balaban J connectivity index is 2.45. The predicted octanol–water partition coefficient (Wildman–Crippen LogP) is 0.665. The summed E-state index contributed by atoms with van der Waals surface area (Å²) in [5, 5.41) is 0. The molecule has 0 amide bonds. The maximum atomic E-state index is 11.8. The average Bonchev–Trinajstić information content (AvgIpc) is 2.11. The maximum Gasteiger partial charge on any atom is 0.414 e. The van der Waals surface area contributed by atoms with Crippen LogP contribution in [0.1, 0.15) is 6.42 Å². The Kier molecular flexibility index (Phi) is 1.87. The van der Waals surface area contributed by atoms with Crippen LogP contribution >= 0.6 is 0 Å². The van der Waals surface area contributed by atoms with Crippen LogP contribution in [0.4, 0.5) is 13.2 Å². The molecule has 1 aliphatic heterocycles. The van der Waals surface area contributed by atoms with Crippen LogP contribution in [0.5, 0.6) is 0 Å². The summed E-state index contributed by atoms with van der Waals surface area (Å²) in [5.41, 5.74) is 5.20. The van der Waals surface area contributed by atoms with E-state index in [1.165, 1.54) is 0 Å². The lowest BCUT2D eigenvalue weighted by Gasteiger charge is -2.12. The van der Waals surface area contributed by atoms with E-state index in [0.717, 1.165) is 0 Å². The summed E-state index contributed by atoms with van der Waals surface area (Å²) in [4.78, 5) is 0. The topological polar surface area (TPSA) is 35.2 Å². The SMILES string of the molecule is NC1COC(C(F)(F)F)C1.